The van der Waals surface area contributed by atoms with Gasteiger partial charge in [-0.05, 0) is 24.8 Å². The van der Waals surface area contributed by atoms with Gasteiger partial charge in [-0.2, -0.15) is 18.3 Å². The third kappa shape index (κ3) is 4.86. The van der Waals surface area contributed by atoms with Gasteiger partial charge in [0, 0.05) is 24.2 Å². The van der Waals surface area contributed by atoms with Crippen LogP contribution >= 0.6 is 0 Å². The van der Waals surface area contributed by atoms with Gasteiger partial charge in [-0.25, -0.2) is 0 Å². The molecule has 140 valence electrons. The molecule has 1 fully saturated rings. The van der Waals surface area contributed by atoms with E-state index in [4.69, 9.17) is 0 Å². The number of nitrogens with zero attached hydrogens (tertiary/aromatic N) is 2. The van der Waals surface area contributed by atoms with Gasteiger partial charge in [0.15, 0.2) is 0 Å². The normalized spacial score (nSPS) is 20.7. The van der Waals surface area contributed by atoms with Gasteiger partial charge in [0.05, 0.1) is 18.7 Å². The van der Waals surface area contributed by atoms with E-state index in [9.17, 15) is 18.0 Å². The number of alkyl halides is 3. The van der Waals surface area contributed by atoms with Crippen LogP contribution in [0.3, 0.4) is 0 Å². The molecule has 2 unspecified atom stereocenters. The van der Waals surface area contributed by atoms with Crippen molar-refractivity contribution in [3.05, 3.63) is 53.9 Å². The molecule has 0 saturated heterocycles. The van der Waals surface area contributed by atoms with Crippen molar-refractivity contribution < 1.29 is 18.0 Å². The molecule has 1 amide bonds. The predicted octanol–water partition coefficient (Wildman–Crippen LogP) is 3.92. The third-order valence-corrected chi connectivity index (χ3v) is 4.85. The van der Waals surface area contributed by atoms with Crippen LogP contribution in [0, 0.1) is 11.8 Å². The predicted molar refractivity (Wildman–Crippen MR) is 91.1 cm³/mol. The highest BCUT2D eigenvalue weighted by atomic mass is 19.4. The van der Waals surface area contributed by atoms with Crippen molar-refractivity contribution in [2.75, 3.05) is 0 Å². The SMILES string of the molecule is O=C(NCc1cnn(Cc2ccccc2)c1)C1CCCC(C(F)(F)F)C1. The molecule has 0 bridgehead atoms. The Labute approximate surface area is 150 Å². The molecule has 1 aliphatic rings. The smallest absolute Gasteiger partial charge is 0.352 e. The Morgan fingerprint density at radius 2 is 1.96 bits per heavy atom. The fourth-order valence-electron chi connectivity index (χ4n) is 3.41. The number of hydrogen-bond acceptors (Lipinski definition) is 2. The number of hydrogen-bond donors (Lipinski definition) is 1. The van der Waals surface area contributed by atoms with E-state index < -0.39 is 18.0 Å². The van der Waals surface area contributed by atoms with Gasteiger partial charge in [0.2, 0.25) is 5.91 Å². The second kappa shape index (κ2) is 7.93. The first-order chi connectivity index (χ1) is 12.4. The first-order valence-electron chi connectivity index (χ1n) is 8.81. The fraction of sp³-hybridized carbons (Fsp3) is 0.474. The van der Waals surface area contributed by atoms with Gasteiger partial charge in [0.1, 0.15) is 0 Å². The number of carbonyl (C=O) groups is 1. The molecular weight excluding hydrogens is 343 g/mol. The van der Waals surface area contributed by atoms with Crippen molar-refractivity contribution >= 4 is 5.91 Å². The highest BCUT2D eigenvalue weighted by molar-refractivity contribution is 5.78. The van der Waals surface area contributed by atoms with Crippen LogP contribution < -0.4 is 5.32 Å². The Bertz CT molecular complexity index is 727. The molecule has 1 saturated carbocycles. The van der Waals surface area contributed by atoms with Gasteiger partial charge in [-0.15, -0.1) is 0 Å². The van der Waals surface area contributed by atoms with Crippen molar-refractivity contribution in [3.63, 3.8) is 0 Å². The third-order valence-electron chi connectivity index (χ3n) is 4.85. The second-order valence-electron chi connectivity index (χ2n) is 6.85. The summed E-state index contributed by atoms with van der Waals surface area (Å²) in [6.07, 6.45) is 0.276. The summed E-state index contributed by atoms with van der Waals surface area (Å²) in [4.78, 5) is 12.2. The zero-order valence-corrected chi connectivity index (χ0v) is 14.4. The minimum Gasteiger partial charge on any atom is -0.352 e. The van der Waals surface area contributed by atoms with E-state index in [0.717, 1.165) is 11.1 Å². The van der Waals surface area contributed by atoms with Gasteiger partial charge < -0.3 is 5.32 Å². The van der Waals surface area contributed by atoms with E-state index >= 15 is 0 Å². The van der Waals surface area contributed by atoms with Gasteiger partial charge >= 0.3 is 6.18 Å². The number of aromatic nitrogens is 2. The van der Waals surface area contributed by atoms with Gasteiger partial charge in [-0.1, -0.05) is 36.8 Å². The molecule has 1 N–H and O–H groups in total. The van der Waals surface area contributed by atoms with E-state index in [1.54, 1.807) is 10.9 Å². The van der Waals surface area contributed by atoms with Crippen LogP contribution in [0.5, 0.6) is 0 Å². The zero-order chi connectivity index (χ0) is 18.6. The summed E-state index contributed by atoms with van der Waals surface area (Å²) in [7, 11) is 0. The highest BCUT2D eigenvalue weighted by Gasteiger charge is 2.43. The average molecular weight is 365 g/mol. The number of nitrogens with one attached hydrogen (secondary N) is 1. The summed E-state index contributed by atoms with van der Waals surface area (Å²) in [5.41, 5.74) is 1.95. The van der Waals surface area contributed by atoms with Crippen LogP contribution in [0.15, 0.2) is 42.7 Å². The maximum atomic E-state index is 12.9. The van der Waals surface area contributed by atoms with E-state index in [0.29, 0.717) is 19.4 Å². The molecule has 1 heterocycles. The molecule has 1 aliphatic carbocycles. The van der Waals surface area contributed by atoms with Gasteiger partial charge in [-0.3, -0.25) is 9.48 Å². The summed E-state index contributed by atoms with van der Waals surface area (Å²) in [5, 5.41) is 7.02. The standard InChI is InChI=1S/C19H22F3N3O/c20-19(21,22)17-8-4-7-16(9-17)18(26)23-10-15-11-24-25(13-15)12-14-5-2-1-3-6-14/h1-3,5-6,11,13,16-17H,4,7-10,12H2,(H,23,26). The maximum Gasteiger partial charge on any atom is 0.391 e. The van der Waals surface area contributed by atoms with Crippen LogP contribution in [0.25, 0.3) is 0 Å². The van der Waals surface area contributed by atoms with E-state index in [-0.39, 0.29) is 25.3 Å². The lowest BCUT2D eigenvalue weighted by Crippen LogP contribution is -2.37. The molecule has 1 aromatic heterocycles. The maximum absolute atomic E-state index is 12.9. The largest absolute Gasteiger partial charge is 0.391 e. The van der Waals surface area contributed by atoms with Crippen molar-refractivity contribution in [1.82, 2.24) is 15.1 Å². The fourth-order valence-corrected chi connectivity index (χ4v) is 3.41. The molecule has 26 heavy (non-hydrogen) atoms. The van der Waals surface area contributed by atoms with Crippen LogP contribution in [0.4, 0.5) is 13.2 Å². The first kappa shape index (κ1) is 18.5. The lowest BCUT2D eigenvalue weighted by atomic mass is 9.80. The van der Waals surface area contributed by atoms with Gasteiger partial charge in [0.25, 0.3) is 0 Å². The number of carbonyl (C=O) groups excluding carboxylic acids is 1. The highest BCUT2D eigenvalue weighted by Crippen LogP contribution is 2.39. The molecule has 0 spiro atoms. The summed E-state index contributed by atoms with van der Waals surface area (Å²) in [5.74, 6) is -2.22. The van der Waals surface area contributed by atoms with Crippen molar-refractivity contribution in [2.45, 2.75) is 44.9 Å². The number of benzene rings is 1. The minimum absolute atomic E-state index is 0.109. The van der Waals surface area contributed by atoms with Crippen molar-refractivity contribution in [2.24, 2.45) is 11.8 Å². The molecule has 2 aromatic rings. The summed E-state index contributed by atoms with van der Waals surface area (Å²) >= 11 is 0. The summed E-state index contributed by atoms with van der Waals surface area (Å²) in [6.45, 7) is 0.908. The lowest BCUT2D eigenvalue weighted by molar-refractivity contribution is -0.186. The molecule has 1 aromatic carbocycles. The molecule has 3 rings (SSSR count). The molecule has 4 nitrogen and oxygen atoms in total. The van der Waals surface area contributed by atoms with Crippen LogP contribution in [-0.4, -0.2) is 21.9 Å². The second-order valence-corrected chi connectivity index (χ2v) is 6.85. The molecule has 7 heteroatoms. The van der Waals surface area contributed by atoms with E-state index in [1.807, 2.05) is 36.5 Å². The number of amides is 1. The monoisotopic (exact) mass is 365 g/mol. The molecule has 2 atom stereocenters. The van der Waals surface area contributed by atoms with E-state index in [1.165, 1.54) is 0 Å². The number of halogens is 3. The Morgan fingerprint density at radius 3 is 2.69 bits per heavy atom. The Balaban J connectivity index is 1.50. The Hall–Kier alpha value is -2.31. The summed E-state index contributed by atoms with van der Waals surface area (Å²) < 4.78 is 40.4. The Kier molecular flexibility index (Phi) is 5.64. The van der Waals surface area contributed by atoms with Crippen LogP contribution in [-0.2, 0) is 17.9 Å². The minimum atomic E-state index is -4.21. The first-order valence-corrected chi connectivity index (χ1v) is 8.81. The molecule has 0 radical (unpaired) electrons. The Morgan fingerprint density at radius 1 is 1.19 bits per heavy atom. The number of rotatable bonds is 5. The molecule has 0 aliphatic heterocycles. The quantitative estimate of drug-likeness (QED) is 0.873. The molecular formula is C19H22F3N3O. The van der Waals surface area contributed by atoms with Crippen molar-refractivity contribution in [1.29, 1.82) is 0 Å². The average Bonchev–Trinajstić information content (AvgIpc) is 3.07. The zero-order valence-electron chi connectivity index (χ0n) is 14.4. The topological polar surface area (TPSA) is 46.9 Å². The summed E-state index contributed by atoms with van der Waals surface area (Å²) in [6, 6.07) is 9.87. The van der Waals surface area contributed by atoms with Crippen molar-refractivity contribution in [3.8, 4) is 0 Å². The lowest BCUT2D eigenvalue weighted by Gasteiger charge is -2.29. The van der Waals surface area contributed by atoms with E-state index in [2.05, 4.69) is 10.4 Å². The van der Waals surface area contributed by atoms with Crippen LogP contribution in [0.1, 0.15) is 36.8 Å². The van der Waals surface area contributed by atoms with Crippen LogP contribution in [0.2, 0.25) is 0 Å².